The van der Waals surface area contributed by atoms with E-state index in [9.17, 15) is 41.5 Å². The van der Waals surface area contributed by atoms with Gasteiger partial charge < -0.3 is 15.1 Å². The van der Waals surface area contributed by atoms with Crippen molar-refractivity contribution in [2.75, 3.05) is 0 Å². The molecule has 0 aliphatic heterocycles. The van der Waals surface area contributed by atoms with Gasteiger partial charge in [-0.25, -0.2) is 4.79 Å². The van der Waals surface area contributed by atoms with E-state index in [1.165, 1.54) is 0 Å². The van der Waals surface area contributed by atoms with Crippen LogP contribution in [0, 0.1) is 0 Å². The smallest absolute Gasteiger partial charge is 0.425 e. The van der Waals surface area contributed by atoms with E-state index in [1.54, 1.807) is 0 Å². The first-order valence-corrected chi connectivity index (χ1v) is 6.86. The minimum Gasteiger partial charge on any atom is -0.691 e. The Balaban J connectivity index is 3.08. The van der Waals surface area contributed by atoms with E-state index in [1.807, 2.05) is 0 Å². The highest BCUT2D eigenvalue weighted by Crippen LogP contribution is 2.53. The highest BCUT2D eigenvalue weighted by atomic mass is 32.2. The number of aliphatic hydroxyl groups excluding tert-OH is 1. The van der Waals surface area contributed by atoms with Crippen LogP contribution in [0.2, 0.25) is 0 Å². The molecule has 6 nitrogen and oxygen atoms in total. The lowest BCUT2D eigenvalue weighted by Crippen LogP contribution is -2.61. The van der Waals surface area contributed by atoms with Crippen molar-refractivity contribution >= 4 is 18.0 Å². The summed E-state index contributed by atoms with van der Waals surface area (Å²) in [6, 6.07) is 0. The van der Waals surface area contributed by atoms with Gasteiger partial charge in [0.2, 0.25) is 0 Å². The fraction of sp³-hybridized carbons (Fsp3) is 0.900. The number of hydrogen-bond acceptors (Lipinski definition) is 7. The van der Waals surface area contributed by atoms with Crippen molar-refractivity contribution in [3.05, 3.63) is 0 Å². The lowest BCUT2D eigenvalue weighted by Gasteiger charge is -2.35. The molecule has 1 aliphatic carbocycles. The Hall–Kier alpha value is -0.760. The van der Waals surface area contributed by atoms with Crippen molar-refractivity contribution in [2.45, 2.75) is 55.0 Å². The second-order valence-electron chi connectivity index (χ2n) is 4.74. The summed E-state index contributed by atoms with van der Waals surface area (Å²) in [5, 5.41) is 21.5. The summed E-state index contributed by atoms with van der Waals surface area (Å²) in [5.74, 6) is -2.70. The summed E-state index contributed by atoms with van der Waals surface area (Å²) < 4.78 is 80.0. The first kappa shape index (κ1) is 20.3. The average Bonchev–Trinajstić information content (AvgIpc) is 2.36. The van der Waals surface area contributed by atoms with Gasteiger partial charge in [-0.3, -0.25) is 5.04 Å². The molecule has 0 aromatic heterocycles. The van der Waals surface area contributed by atoms with Gasteiger partial charge in [-0.1, -0.05) is 0 Å². The first-order chi connectivity index (χ1) is 10.5. The number of rotatable bonds is 5. The van der Waals surface area contributed by atoms with E-state index >= 15 is 0 Å². The summed E-state index contributed by atoms with van der Waals surface area (Å²) >= 11 is -1.54. The normalized spacial score (nSPS) is 23.7. The molecule has 23 heavy (non-hydrogen) atoms. The van der Waals surface area contributed by atoms with Crippen molar-refractivity contribution in [2.24, 2.45) is 0 Å². The second-order valence-corrected chi connectivity index (χ2v) is 5.66. The van der Waals surface area contributed by atoms with Crippen molar-refractivity contribution in [3.8, 4) is 0 Å². The fourth-order valence-electron chi connectivity index (χ4n) is 2.05. The van der Waals surface area contributed by atoms with Gasteiger partial charge >= 0.3 is 23.1 Å². The summed E-state index contributed by atoms with van der Waals surface area (Å²) in [6.45, 7) is 0. The summed E-state index contributed by atoms with van der Waals surface area (Å²) in [7, 11) is 0. The van der Waals surface area contributed by atoms with E-state index in [2.05, 4.69) is 14.1 Å². The molecule has 0 aromatic rings. The molecule has 1 fully saturated rings. The molecule has 2 unspecified atom stereocenters. The van der Waals surface area contributed by atoms with E-state index in [-0.39, 0.29) is 19.3 Å². The molecule has 136 valence electrons. The Labute approximate surface area is 129 Å². The molecule has 1 aliphatic rings. The van der Waals surface area contributed by atoms with Crippen LogP contribution in [0.4, 0.5) is 26.3 Å². The van der Waals surface area contributed by atoms with Gasteiger partial charge in [-0.15, -0.1) is 0 Å². The average molecular weight is 373 g/mol. The largest absolute Gasteiger partial charge is 0.691 e. The van der Waals surface area contributed by atoms with Crippen molar-refractivity contribution in [3.63, 3.8) is 0 Å². The maximum Gasteiger partial charge on any atom is 0.425 e. The highest BCUT2D eigenvalue weighted by Gasteiger charge is 2.79. The maximum atomic E-state index is 12.9. The van der Waals surface area contributed by atoms with Gasteiger partial charge in [0.25, 0.3) is 0 Å². The van der Waals surface area contributed by atoms with Crippen molar-refractivity contribution < 1.29 is 55.6 Å². The van der Waals surface area contributed by atoms with Crippen molar-refractivity contribution in [1.82, 2.24) is 0 Å². The quantitative estimate of drug-likeness (QED) is 0.257. The molecule has 1 saturated carbocycles. The number of carbonyl (C=O) groups excluding carboxylic acids is 1. The maximum absolute atomic E-state index is 12.9. The zero-order chi connectivity index (χ0) is 17.9. The van der Waals surface area contributed by atoms with Gasteiger partial charge in [0, 0.05) is 6.42 Å². The van der Waals surface area contributed by atoms with E-state index in [0.29, 0.717) is 6.42 Å². The summed E-state index contributed by atoms with van der Waals surface area (Å²) in [6.07, 6.45) is -14.4. The number of carbonyl (C=O) groups is 1. The second kappa shape index (κ2) is 7.42. The third-order valence-electron chi connectivity index (χ3n) is 3.14. The van der Waals surface area contributed by atoms with Crippen LogP contribution in [0.5, 0.6) is 0 Å². The van der Waals surface area contributed by atoms with Crippen LogP contribution in [0.3, 0.4) is 0 Å². The predicted molar refractivity (Wildman–Crippen MR) is 59.0 cm³/mol. The SMILES string of the molecule is O=C(OC1CCCC(O)C1)C(SOO[O-])(C(F)(F)F)C(F)(F)F. The number of halogens is 6. The Morgan fingerprint density at radius 1 is 1.13 bits per heavy atom. The fourth-order valence-corrected chi connectivity index (χ4v) is 2.48. The molecule has 2 atom stereocenters. The third-order valence-corrected chi connectivity index (χ3v) is 4.15. The molecule has 0 aromatic carbocycles. The molecule has 13 heteroatoms. The molecule has 0 radical (unpaired) electrons. The van der Waals surface area contributed by atoms with Crippen LogP contribution in [-0.4, -0.2) is 40.4 Å². The van der Waals surface area contributed by atoms with Gasteiger partial charge in [0.15, 0.2) is 0 Å². The monoisotopic (exact) mass is 373 g/mol. The van der Waals surface area contributed by atoms with Gasteiger partial charge in [-0.2, -0.15) is 30.7 Å². The van der Waals surface area contributed by atoms with Crippen molar-refractivity contribution in [1.29, 1.82) is 0 Å². The molecule has 1 N–H and O–H groups in total. The minimum atomic E-state index is -6.18. The third kappa shape index (κ3) is 4.41. The van der Waals surface area contributed by atoms with E-state index in [4.69, 9.17) is 0 Å². The number of hydrogen-bond donors (Lipinski definition) is 1. The number of aliphatic hydroxyl groups is 1. The number of esters is 1. The molecule has 0 spiro atoms. The molecule has 1 rings (SSSR count). The molecular weight excluding hydrogens is 362 g/mol. The van der Waals surface area contributed by atoms with E-state index in [0.717, 1.165) is 0 Å². The summed E-state index contributed by atoms with van der Waals surface area (Å²) in [4.78, 5) is 11.6. The number of alkyl halides is 6. The predicted octanol–water partition coefficient (Wildman–Crippen LogP) is 1.57. The van der Waals surface area contributed by atoms with Crippen LogP contribution < -0.4 is 5.26 Å². The van der Waals surface area contributed by atoms with Crippen LogP contribution in [0.25, 0.3) is 0 Å². The molecular formula is C10H11F6O6S-. The lowest BCUT2D eigenvalue weighted by atomic mass is 9.95. The zero-order valence-corrected chi connectivity index (χ0v) is 12.0. The van der Waals surface area contributed by atoms with Gasteiger partial charge in [0.05, 0.1) is 18.1 Å². The molecule has 0 saturated heterocycles. The Morgan fingerprint density at radius 3 is 2.13 bits per heavy atom. The lowest BCUT2D eigenvalue weighted by molar-refractivity contribution is -0.777. The zero-order valence-electron chi connectivity index (χ0n) is 11.1. The summed E-state index contributed by atoms with van der Waals surface area (Å²) in [5.41, 5.74) is 0. The van der Waals surface area contributed by atoms with Crippen LogP contribution in [0.15, 0.2) is 0 Å². The van der Waals surface area contributed by atoms with Gasteiger partial charge in [0.1, 0.15) is 6.10 Å². The van der Waals surface area contributed by atoms with Crippen LogP contribution in [-0.2, 0) is 18.9 Å². The standard InChI is InChI=1S/C10H12F6O6S/c11-9(12,13)8(10(14,15)16,23-22-21-19)7(18)20-6-3-1-2-5(17)4-6/h5-6,17,19H,1-4H2/p-1. The number of ether oxygens (including phenoxy) is 1. The van der Waals surface area contributed by atoms with Crippen LogP contribution >= 0.6 is 12.0 Å². The topological polar surface area (TPSA) is 88.1 Å². The Kier molecular flexibility index (Phi) is 6.55. The highest BCUT2D eigenvalue weighted by molar-refractivity contribution is 7.96. The Bertz CT molecular complexity index is 400. The Morgan fingerprint density at radius 2 is 1.70 bits per heavy atom. The van der Waals surface area contributed by atoms with Crippen LogP contribution in [0.1, 0.15) is 25.7 Å². The minimum absolute atomic E-state index is 0.00181. The molecule has 0 bridgehead atoms. The van der Waals surface area contributed by atoms with E-state index < -0.39 is 47.3 Å². The van der Waals surface area contributed by atoms with Gasteiger partial charge in [-0.05, 0) is 19.3 Å². The molecule has 0 amide bonds. The molecule has 0 heterocycles. The first-order valence-electron chi connectivity index (χ1n) is 6.12.